The van der Waals surface area contributed by atoms with Crippen molar-refractivity contribution in [3.63, 3.8) is 0 Å². The summed E-state index contributed by atoms with van der Waals surface area (Å²) in [5.41, 5.74) is 24.3. The Kier molecular flexibility index (Phi) is 12.1. The quantitative estimate of drug-likeness (QED) is 0.147. The highest BCUT2D eigenvalue weighted by Gasteiger charge is 2.44. The van der Waals surface area contributed by atoms with Gasteiger partial charge in [-0.05, 0) is 177 Å². The van der Waals surface area contributed by atoms with Crippen LogP contribution in [0, 0.1) is 0 Å². The molecule has 0 atom stereocenters. The summed E-state index contributed by atoms with van der Waals surface area (Å²) in [6.07, 6.45) is 2.01. The molecule has 0 fully saturated rings. The molecule has 9 aromatic carbocycles. The van der Waals surface area contributed by atoms with Crippen LogP contribution in [0.15, 0.2) is 170 Å². The predicted octanol–water partition coefficient (Wildman–Crippen LogP) is 21.0. The van der Waals surface area contributed by atoms with Crippen molar-refractivity contribution in [2.45, 2.75) is 162 Å². The highest BCUT2D eigenvalue weighted by molar-refractivity contribution is 6.11. The zero-order valence-corrected chi connectivity index (χ0v) is 48.6. The predicted molar refractivity (Wildman–Crippen MR) is 329 cm³/mol. The Hall–Kier alpha value is -6.70. The lowest BCUT2D eigenvalue weighted by atomic mass is 9.78. The number of fused-ring (bicyclic) bond motifs is 10. The molecule has 0 amide bonds. The molecule has 0 bridgehead atoms. The minimum absolute atomic E-state index is 0.0564. The molecular formula is C75H81N. The van der Waals surface area contributed by atoms with Gasteiger partial charge in [-0.25, -0.2) is 0 Å². The molecule has 0 heterocycles. The number of hydrogen-bond donors (Lipinski definition) is 0. The maximum absolute atomic E-state index is 2.62. The second-order valence-corrected chi connectivity index (χ2v) is 27.8. The normalized spacial score (nSPS) is 14.8. The average Bonchev–Trinajstić information content (AvgIpc) is 3.79. The lowest BCUT2D eigenvalue weighted by molar-refractivity contribution is 0.588. The van der Waals surface area contributed by atoms with Crippen molar-refractivity contribution in [1.82, 2.24) is 0 Å². The fourth-order valence-corrected chi connectivity index (χ4v) is 13.0. The lowest BCUT2D eigenvalue weighted by Crippen LogP contribution is -2.18. The molecule has 0 saturated heterocycles. The van der Waals surface area contributed by atoms with Gasteiger partial charge in [0, 0.05) is 33.5 Å². The Bertz CT molecular complexity index is 3570. The molecule has 1 nitrogen and oxygen atoms in total. The molecule has 76 heavy (non-hydrogen) atoms. The van der Waals surface area contributed by atoms with Gasteiger partial charge in [0.25, 0.3) is 0 Å². The third-order valence-electron chi connectivity index (χ3n) is 17.8. The van der Waals surface area contributed by atoms with Crippen LogP contribution in [-0.2, 0) is 38.9 Å². The summed E-state index contributed by atoms with van der Waals surface area (Å²) < 4.78 is 0. The largest absolute Gasteiger partial charge is 0.310 e. The Balaban J connectivity index is 1.02. The third kappa shape index (κ3) is 8.71. The van der Waals surface area contributed by atoms with Crippen molar-refractivity contribution in [3.05, 3.63) is 231 Å². The van der Waals surface area contributed by atoms with E-state index in [2.05, 4.69) is 286 Å². The first-order valence-corrected chi connectivity index (χ1v) is 28.3. The van der Waals surface area contributed by atoms with Gasteiger partial charge in [0.2, 0.25) is 0 Å². The van der Waals surface area contributed by atoms with E-state index < -0.39 is 0 Å². The second-order valence-electron chi connectivity index (χ2n) is 27.8. The number of nitrogens with zero attached hydrogens (tertiary/aromatic N) is 1. The fourth-order valence-electron chi connectivity index (χ4n) is 13.0. The van der Waals surface area contributed by atoms with E-state index in [-0.39, 0.29) is 38.4 Å². The van der Waals surface area contributed by atoms with E-state index in [4.69, 9.17) is 0 Å². The van der Waals surface area contributed by atoms with Crippen molar-refractivity contribution >= 4 is 38.6 Å². The molecule has 0 N–H and O–H groups in total. The molecule has 2 aliphatic rings. The molecular weight excluding hydrogens is 915 g/mol. The first-order chi connectivity index (χ1) is 35.7. The maximum atomic E-state index is 2.62. The molecule has 2 aliphatic carbocycles. The zero-order valence-electron chi connectivity index (χ0n) is 48.6. The van der Waals surface area contributed by atoms with Gasteiger partial charge in [0.1, 0.15) is 0 Å². The van der Waals surface area contributed by atoms with Crippen molar-refractivity contribution in [1.29, 1.82) is 0 Å². The molecule has 0 radical (unpaired) electrons. The van der Waals surface area contributed by atoms with Crippen LogP contribution >= 0.6 is 0 Å². The van der Waals surface area contributed by atoms with E-state index in [0.29, 0.717) is 0 Å². The van der Waals surface area contributed by atoms with Crippen LogP contribution in [0.25, 0.3) is 43.8 Å². The van der Waals surface area contributed by atoms with Crippen molar-refractivity contribution in [2.24, 2.45) is 0 Å². The van der Waals surface area contributed by atoms with Crippen LogP contribution in [-0.4, -0.2) is 0 Å². The minimum Gasteiger partial charge on any atom is -0.310 e. The molecule has 0 aromatic heterocycles. The smallest absolute Gasteiger partial charge is 0.0543 e. The zero-order chi connectivity index (χ0) is 54.1. The first-order valence-electron chi connectivity index (χ1n) is 28.3. The average molecular weight is 996 g/mol. The first kappa shape index (κ1) is 51.4. The van der Waals surface area contributed by atoms with E-state index in [1.165, 1.54) is 122 Å². The second kappa shape index (κ2) is 17.9. The third-order valence-corrected chi connectivity index (χ3v) is 17.8. The van der Waals surface area contributed by atoms with Gasteiger partial charge in [0.15, 0.2) is 0 Å². The number of aryl methyl sites for hydroxylation is 1. The SMILES string of the molecule is CC(C)(C)c1ccc(C(CCc2cc3c(c4ccccc24)-c2cc4c(cc2C3(C)C)-c2c(cc(N(c3ccc(C(C)(C)C)cc3)c3ccc(C(C)(C)C)cc3)c3ccccc23)C4(C)C)c2ccc(C(C)(C)C)cc2)cc1. The molecule has 9 aromatic rings. The summed E-state index contributed by atoms with van der Waals surface area (Å²) in [4.78, 5) is 2.51. The molecule has 0 unspecified atom stereocenters. The van der Waals surface area contributed by atoms with Gasteiger partial charge < -0.3 is 4.90 Å². The van der Waals surface area contributed by atoms with Gasteiger partial charge in [0.05, 0.1) is 5.69 Å². The van der Waals surface area contributed by atoms with E-state index in [0.717, 1.165) is 12.8 Å². The van der Waals surface area contributed by atoms with Gasteiger partial charge in [-0.3, -0.25) is 0 Å². The van der Waals surface area contributed by atoms with Crippen LogP contribution in [0.3, 0.4) is 0 Å². The number of benzene rings is 9. The topological polar surface area (TPSA) is 3.24 Å². The summed E-state index contributed by atoms with van der Waals surface area (Å²) in [7, 11) is 0. The summed E-state index contributed by atoms with van der Waals surface area (Å²) >= 11 is 0. The van der Waals surface area contributed by atoms with Gasteiger partial charge in [-0.15, -0.1) is 0 Å². The molecule has 11 rings (SSSR count). The highest BCUT2D eigenvalue weighted by atomic mass is 15.1. The van der Waals surface area contributed by atoms with E-state index >= 15 is 0 Å². The molecule has 0 spiro atoms. The van der Waals surface area contributed by atoms with Crippen molar-refractivity contribution in [3.8, 4) is 22.3 Å². The molecule has 386 valence electrons. The Morgan fingerprint density at radius 1 is 0.368 bits per heavy atom. The fraction of sp³-hybridized carbons (Fsp3) is 0.333. The number of anilines is 3. The Morgan fingerprint density at radius 2 is 0.711 bits per heavy atom. The van der Waals surface area contributed by atoms with Crippen LogP contribution in [0.2, 0.25) is 0 Å². The van der Waals surface area contributed by atoms with Gasteiger partial charge >= 0.3 is 0 Å². The summed E-state index contributed by atoms with van der Waals surface area (Å²) in [5, 5.41) is 5.31. The standard InChI is InChI=1S/C75H81N/c1-70(2,3)50-30-25-47(26-31-50)56(48-27-32-51(33-28-48)71(4,5)6)42-29-49-43-65-68(59-23-19-17-21-57(49)59)61-44-64-62(45-63(61)74(65,13)14)69-60-24-20-18-22-58(60)67(46-66(69)75(64,15)16)76(54-38-34-52(35-39-54)72(7,8)9)55-40-36-53(37-41-55)73(10,11)12/h17-28,30-41,43-46,56H,29,42H2,1-16H3. The highest BCUT2D eigenvalue weighted by Crippen LogP contribution is 2.60. The van der Waals surface area contributed by atoms with Crippen molar-refractivity contribution in [2.75, 3.05) is 4.90 Å². The van der Waals surface area contributed by atoms with E-state index in [1.54, 1.807) is 0 Å². The van der Waals surface area contributed by atoms with Gasteiger partial charge in [-0.2, -0.15) is 0 Å². The summed E-state index contributed by atoms with van der Waals surface area (Å²) in [6.45, 7) is 37.5. The Morgan fingerprint density at radius 3 is 1.11 bits per heavy atom. The molecule has 0 aliphatic heterocycles. The van der Waals surface area contributed by atoms with E-state index in [1.807, 2.05) is 0 Å². The summed E-state index contributed by atoms with van der Waals surface area (Å²) in [6, 6.07) is 66.6. The van der Waals surface area contributed by atoms with Crippen LogP contribution in [0.1, 0.15) is 184 Å². The minimum atomic E-state index is -0.260. The maximum Gasteiger partial charge on any atom is 0.0543 e. The monoisotopic (exact) mass is 996 g/mol. The number of rotatable bonds is 8. The van der Waals surface area contributed by atoms with Crippen LogP contribution in [0.5, 0.6) is 0 Å². The van der Waals surface area contributed by atoms with Crippen molar-refractivity contribution < 1.29 is 0 Å². The molecule has 1 heteroatoms. The van der Waals surface area contributed by atoms with Gasteiger partial charge in [-0.1, -0.05) is 238 Å². The summed E-state index contributed by atoms with van der Waals surface area (Å²) in [5.74, 6) is 0.274. The van der Waals surface area contributed by atoms with E-state index in [9.17, 15) is 0 Å². The Labute approximate surface area is 456 Å². The lowest BCUT2D eigenvalue weighted by Gasteiger charge is -2.31. The molecule has 0 saturated carbocycles. The van der Waals surface area contributed by atoms with Crippen LogP contribution in [0.4, 0.5) is 17.1 Å². The number of hydrogen-bond acceptors (Lipinski definition) is 1. The van der Waals surface area contributed by atoms with Crippen LogP contribution < -0.4 is 4.90 Å².